The average molecular weight is 563 g/mol. The maximum atomic E-state index is 12.8. The van der Waals surface area contributed by atoms with Gasteiger partial charge in [-0.25, -0.2) is 0 Å². The molecule has 0 aromatic heterocycles. The Balaban J connectivity index is 1.81. The van der Waals surface area contributed by atoms with Crippen molar-refractivity contribution in [3.63, 3.8) is 0 Å². The molecule has 11 nitrogen and oxygen atoms in total. The lowest BCUT2D eigenvalue weighted by Gasteiger charge is -2.13. The van der Waals surface area contributed by atoms with Gasteiger partial charge in [-0.3, -0.25) is 24.1 Å². The summed E-state index contributed by atoms with van der Waals surface area (Å²) in [5.41, 5.74) is 0.866. The highest BCUT2D eigenvalue weighted by Crippen LogP contribution is 2.35. The third kappa shape index (κ3) is 7.35. The van der Waals surface area contributed by atoms with Gasteiger partial charge in [0.1, 0.15) is 11.4 Å². The van der Waals surface area contributed by atoms with Crippen molar-refractivity contribution in [3.8, 4) is 11.5 Å². The summed E-state index contributed by atoms with van der Waals surface area (Å²) in [5, 5.41) is 1.94. The maximum Gasteiger partial charge on any atom is 0.339 e. The van der Waals surface area contributed by atoms with Crippen molar-refractivity contribution >= 4 is 56.7 Å². The van der Waals surface area contributed by atoms with Gasteiger partial charge in [-0.2, -0.15) is 8.42 Å². The highest BCUT2D eigenvalue weighted by atomic mass is 32.2. The molecule has 2 aromatic rings. The van der Waals surface area contributed by atoms with E-state index in [1.807, 2.05) is 0 Å². The zero-order chi connectivity index (χ0) is 28.0. The normalized spacial score (nSPS) is 14.7. The number of carbonyl (C=O) groups excluding carboxylic acids is 4. The van der Waals surface area contributed by atoms with Crippen LogP contribution in [-0.4, -0.2) is 55.6 Å². The van der Waals surface area contributed by atoms with Gasteiger partial charge in [0.15, 0.2) is 11.5 Å². The number of carbonyl (C=O) groups is 4. The molecule has 0 bridgehead atoms. The number of thioether (sulfide) groups is 1. The van der Waals surface area contributed by atoms with E-state index in [2.05, 4.69) is 5.32 Å². The summed E-state index contributed by atoms with van der Waals surface area (Å²) >= 11 is 0.669. The van der Waals surface area contributed by atoms with E-state index in [-0.39, 0.29) is 39.9 Å². The molecule has 0 radical (unpaired) electrons. The summed E-state index contributed by atoms with van der Waals surface area (Å²) in [4.78, 5) is 48.8. The van der Waals surface area contributed by atoms with Crippen LogP contribution < -0.4 is 14.2 Å². The average Bonchev–Trinajstić information content (AvgIpc) is 3.07. The fourth-order valence-corrected chi connectivity index (χ4v) is 5.02. The van der Waals surface area contributed by atoms with Crippen molar-refractivity contribution in [3.05, 3.63) is 52.9 Å². The SMILES string of the molecule is CCOc1cc(/C=C2\SC(=O)N(CC(=O)OC(C)C)C2=O)ccc1OS(=O)(=O)c1ccc(NC(C)=O)cc1. The fourth-order valence-electron chi connectivity index (χ4n) is 3.24. The van der Waals surface area contributed by atoms with E-state index >= 15 is 0 Å². The van der Waals surface area contributed by atoms with Crippen LogP contribution in [0.3, 0.4) is 0 Å². The largest absolute Gasteiger partial charge is 0.490 e. The Morgan fingerprint density at radius 3 is 2.37 bits per heavy atom. The van der Waals surface area contributed by atoms with Crippen molar-refractivity contribution in [2.75, 3.05) is 18.5 Å². The molecule has 1 N–H and O–H groups in total. The number of hydrogen-bond donors (Lipinski definition) is 1. The Morgan fingerprint density at radius 2 is 1.76 bits per heavy atom. The van der Waals surface area contributed by atoms with Gasteiger partial charge in [-0.1, -0.05) is 6.07 Å². The molecule has 2 aromatic carbocycles. The lowest BCUT2D eigenvalue weighted by molar-refractivity contribution is -0.149. The standard InChI is InChI=1S/C25H26N2O9S2/c1-5-34-21-12-17(13-22-24(30)27(25(31)37-22)14-23(29)35-15(2)3)6-11-20(21)36-38(32,33)19-9-7-18(8-10-19)26-16(4)28/h6-13,15H,5,14H2,1-4H3,(H,26,28)/b22-13-. The molecule has 1 fully saturated rings. The van der Waals surface area contributed by atoms with Gasteiger partial charge in [-0.15, -0.1) is 0 Å². The second-order valence-electron chi connectivity index (χ2n) is 8.19. The Labute approximate surface area is 224 Å². The number of ether oxygens (including phenoxy) is 2. The third-order valence-corrected chi connectivity index (χ3v) is 6.91. The zero-order valence-corrected chi connectivity index (χ0v) is 22.7. The Bertz CT molecular complexity index is 1380. The van der Waals surface area contributed by atoms with Gasteiger partial charge >= 0.3 is 16.1 Å². The molecule has 0 saturated carbocycles. The van der Waals surface area contributed by atoms with Crippen molar-refractivity contribution in [1.82, 2.24) is 4.90 Å². The molecule has 0 spiro atoms. The first kappa shape index (κ1) is 28.7. The topological polar surface area (TPSA) is 145 Å². The molecule has 0 atom stereocenters. The van der Waals surface area contributed by atoms with Crippen LogP contribution >= 0.6 is 11.8 Å². The molecular weight excluding hydrogens is 536 g/mol. The van der Waals surface area contributed by atoms with Crippen LogP contribution in [0.15, 0.2) is 52.3 Å². The smallest absolute Gasteiger partial charge is 0.339 e. The Morgan fingerprint density at radius 1 is 1.08 bits per heavy atom. The molecular formula is C25H26N2O9S2. The molecule has 1 aliphatic rings. The van der Waals surface area contributed by atoms with Crippen LogP contribution in [0, 0.1) is 0 Å². The monoisotopic (exact) mass is 562 g/mol. The van der Waals surface area contributed by atoms with Gasteiger partial charge in [0.05, 0.1) is 17.6 Å². The second-order valence-corrected chi connectivity index (χ2v) is 10.7. The van der Waals surface area contributed by atoms with E-state index in [4.69, 9.17) is 13.7 Å². The van der Waals surface area contributed by atoms with Gasteiger partial charge in [-0.05, 0) is 80.6 Å². The quantitative estimate of drug-likeness (QED) is 0.258. The number of anilines is 1. The Kier molecular flexibility index (Phi) is 9.17. The number of imide groups is 1. The first-order valence-electron chi connectivity index (χ1n) is 11.4. The van der Waals surface area contributed by atoms with Crippen LogP contribution in [-0.2, 0) is 29.2 Å². The minimum atomic E-state index is -4.24. The first-order valence-corrected chi connectivity index (χ1v) is 13.7. The summed E-state index contributed by atoms with van der Waals surface area (Å²) in [6.07, 6.45) is 1.04. The van der Waals surface area contributed by atoms with Gasteiger partial charge in [0, 0.05) is 12.6 Å². The minimum Gasteiger partial charge on any atom is -0.490 e. The summed E-state index contributed by atoms with van der Waals surface area (Å²) < 4.78 is 41.5. The highest BCUT2D eigenvalue weighted by molar-refractivity contribution is 8.18. The number of esters is 1. The summed E-state index contributed by atoms with van der Waals surface area (Å²) in [6.45, 7) is 6.05. The second kappa shape index (κ2) is 12.1. The van der Waals surface area contributed by atoms with Crippen LogP contribution in [0.1, 0.15) is 33.3 Å². The predicted octanol–water partition coefficient (Wildman–Crippen LogP) is 3.80. The van der Waals surface area contributed by atoms with Crippen LogP contribution in [0.25, 0.3) is 6.08 Å². The number of nitrogens with zero attached hydrogens (tertiary/aromatic N) is 1. The van der Waals surface area contributed by atoms with Crippen LogP contribution in [0.2, 0.25) is 0 Å². The summed E-state index contributed by atoms with van der Waals surface area (Å²) in [6, 6.07) is 9.78. The number of rotatable bonds is 10. The molecule has 1 saturated heterocycles. The van der Waals surface area contributed by atoms with Crippen molar-refractivity contribution < 1.29 is 41.3 Å². The van der Waals surface area contributed by atoms with E-state index in [1.54, 1.807) is 20.8 Å². The van der Waals surface area contributed by atoms with E-state index in [0.29, 0.717) is 23.0 Å². The molecule has 38 heavy (non-hydrogen) atoms. The number of nitrogens with one attached hydrogen (secondary N) is 1. The molecule has 0 unspecified atom stereocenters. The first-order chi connectivity index (χ1) is 17.9. The van der Waals surface area contributed by atoms with Crippen molar-refractivity contribution in [2.24, 2.45) is 0 Å². The third-order valence-electron chi connectivity index (χ3n) is 4.76. The molecule has 13 heteroatoms. The molecule has 1 aliphatic heterocycles. The zero-order valence-electron chi connectivity index (χ0n) is 21.0. The van der Waals surface area contributed by atoms with Gasteiger partial charge in [0.25, 0.3) is 11.1 Å². The van der Waals surface area contributed by atoms with Crippen molar-refractivity contribution in [1.29, 1.82) is 0 Å². The fraction of sp³-hybridized carbons (Fsp3) is 0.280. The van der Waals surface area contributed by atoms with E-state index in [1.165, 1.54) is 55.5 Å². The van der Waals surface area contributed by atoms with Crippen LogP contribution in [0.5, 0.6) is 11.5 Å². The number of amides is 3. The van der Waals surface area contributed by atoms with E-state index in [0.717, 1.165) is 4.90 Å². The lowest BCUT2D eigenvalue weighted by Crippen LogP contribution is -2.35. The molecule has 1 heterocycles. The minimum absolute atomic E-state index is 0.0790. The molecule has 3 rings (SSSR count). The summed E-state index contributed by atoms with van der Waals surface area (Å²) in [5.74, 6) is -1.63. The van der Waals surface area contributed by atoms with Gasteiger partial charge < -0.3 is 19.0 Å². The van der Waals surface area contributed by atoms with Gasteiger partial charge in [0.2, 0.25) is 5.91 Å². The summed E-state index contributed by atoms with van der Waals surface area (Å²) in [7, 11) is -4.24. The Hall–Kier alpha value is -3.84. The van der Waals surface area contributed by atoms with E-state index in [9.17, 15) is 27.6 Å². The number of benzene rings is 2. The molecule has 0 aliphatic carbocycles. The van der Waals surface area contributed by atoms with Crippen molar-refractivity contribution in [2.45, 2.75) is 38.7 Å². The van der Waals surface area contributed by atoms with E-state index < -0.39 is 33.8 Å². The predicted molar refractivity (Wildman–Crippen MR) is 140 cm³/mol. The van der Waals surface area contributed by atoms with Crippen LogP contribution in [0.4, 0.5) is 10.5 Å². The molecule has 202 valence electrons. The highest BCUT2D eigenvalue weighted by Gasteiger charge is 2.37. The molecule has 3 amide bonds. The maximum absolute atomic E-state index is 12.8. The number of hydrogen-bond acceptors (Lipinski definition) is 10. The lowest BCUT2D eigenvalue weighted by atomic mass is 10.2.